The maximum Gasteiger partial charge on any atom is 0.410 e. The Kier molecular flexibility index (Phi) is 6.40. The molecule has 1 aromatic rings. The molecule has 7 heteroatoms. The van der Waals surface area contributed by atoms with Gasteiger partial charge in [-0.2, -0.15) is 0 Å². The minimum atomic E-state index is -0.591. The molecule has 0 saturated heterocycles. The molecule has 0 spiro atoms. The zero-order valence-corrected chi connectivity index (χ0v) is 17.8. The molecule has 1 atom stereocenters. The second-order valence-corrected chi connectivity index (χ2v) is 8.72. The van der Waals surface area contributed by atoms with E-state index < -0.39 is 17.7 Å². The molecule has 0 N–H and O–H groups in total. The Balaban J connectivity index is 2.46. The predicted octanol–water partition coefficient (Wildman–Crippen LogP) is 4.62. The Bertz CT molecular complexity index is 729. The molecule has 0 bridgehead atoms. The molecule has 27 heavy (non-hydrogen) atoms. The fourth-order valence-electron chi connectivity index (χ4n) is 3.09. The van der Waals surface area contributed by atoms with Crippen molar-refractivity contribution < 1.29 is 19.1 Å². The highest BCUT2D eigenvalue weighted by Gasteiger charge is 2.36. The van der Waals surface area contributed by atoms with E-state index in [4.69, 9.17) is 21.1 Å². The van der Waals surface area contributed by atoms with Crippen LogP contribution in [0.1, 0.15) is 69.7 Å². The highest BCUT2D eigenvalue weighted by molar-refractivity contribution is 6.31. The van der Waals surface area contributed by atoms with Crippen molar-refractivity contribution in [3.8, 4) is 0 Å². The number of ether oxygens (including phenoxy) is 2. The average molecular weight is 397 g/mol. The third-order valence-electron chi connectivity index (χ3n) is 4.66. The van der Waals surface area contributed by atoms with E-state index in [1.165, 1.54) is 0 Å². The molecule has 0 radical (unpaired) electrons. The average Bonchev–Trinajstić information content (AvgIpc) is 2.71. The molecule has 0 saturated carbocycles. The van der Waals surface area contributed by atoms with Crippen LogP contribution in [0.15, 0.2) is 6.07 Å². The number of halogens is 1. The lowest BCUT2D eigenvalue weighted by Gasteiger charge is -2.33. The van der Waals surface area contributed by atoms with Gasteiger partial charge in [0, 0.05) is 11.6 Å². The number of fused-ring (bicyclic) bond motifs is 1. The van der Waals surface area contributed by atoms with Gasteiger partial charge in [-0.3, -0.25) is 0 Å². The molecule has 2 rings (SSSR count). The lowest BCUT2D eigenvalue weighted by atomic mass is 9.81. The second-order valence-electron chi connectivity index (χ2n) is 8.31. The molecule has 1 amide bonds. The number of pyridine rings is 1. The number of rotatable bonds is 3. The van der Waals surface area contributed by atoms with Gasteiger partial charge in [0.15, 0.2) is 0 Å². The van der Waals surface area contributed by atoms with Gasteiger partial charge < -0.3 is 14.4 Å². The molecule has 0 aliphatic carbocycles. The minimum Gasteiger partial charge on any atom is -0.461 e. The molecule has 0 aromatic carbocycles. The summed E-state index contributed by atoms with van der Waals surface area (Å²) < 4.78 is 10.6. The molecule has 6 nitrogen and oxygen atoms in total. The van der Waals surface area contributed by atoms with Crippen LogP contribution in [-0.4, -0.2) is 40.7 Å². The fraction of sp³-hybridized carbons (Fsp3) is 0.650. The van der Waals surface area contributed by atoms with Gasteiger partial charge in [0.1, 0.15) is 11.3 Å². The quantitative estimate of drug-likeness (QED) is 0.697. The van der Waals surface area contributed by atoms with Crippen molar-refractivity contribution in [2.45, 2.75) is 66.5 Å². The summed E-state index contributed by atoms with van der Waals surface area (Å²) in [7, 11) is 0. The van der Waals surface area contributed by atoms with Gasteiger partial charge in [-0.15, -0.1) is 0 Å². The van der Waals surface area contributed by atoms with Crippen molar-refractivity contribution in [3.63, 3.8) is 0 Å². The third kappa shape index (κ3) is 5.34. The molecular weight excluding hydrogens is 368 g/mol. The number of hydrogen-bond acceptors (Lipinski definition) is 5. The van der Waals surface area contributed by atoms with Crippen LogP contribution in [-0.2, 0) is 22.4 Å². The summed E-state index contributed by atoms with van der Waals surface area (Å²) in [4.78, 5) is 31.0. The lowest BCUT2D eigenvalue weighted by molar-refractivity contribution is 0.0155. The zero-order chi connectivity index (χ0) is 20.4. The third-order valence-corrected chi connectivity index (χ3v) is 5.00. The van der Waals surface area contributed by atoms with Crippen LogP contribution in [0.2, 0.25) is 5.02 Å². The predicted molar refractivity (Wildman–Crippen MR) is 104 cm³/mol. The molecule has 1 unspecified atom stereocenters. The first-order chi connectivity index (χ1) is 12.5. The van der Waals surface area contributed by atoms with Gasteiger partial charge in [0.25, 0.3) is 0 Å². The number of carbonyl (C=O) groups is 2. The van der Waals surface area contributed by atoms with Gasteiger partial charge >= 0.3 is 12.1 Å². The second kappa shape index (κ2) is 8.05. The molecule has 1 aliphatic rings. The van der Waals surface area contributed by atoms with Crippen LogP contribution in [0.5, 0.6) is 0 Å². The van der Waals surface area contributed by atoms with Crippen LogP contribution in [0, 0.1) is 5.41 Å². The summed E-state index contributed by atoms with van der Waals surface area (Å²) in [6, 6.07) is 1.55. The van der Waals surface area contributed by atoms with Crippen molar-refractivity contribution in [2.75, 3.05) is 13.2 Å². The van der Waals surface area contributed by atoms with Crippen molar-refractivity contribution in [1.29, 1.82) is 0 Å². The first kappa shape index (κ1) is 21.5. The number of hydrogen-bond donors (Lipinski definition) is 0. The molecular formula is C20H29ClN2O4. The van der Waals surface area contributed by atoms with E-state index in [1.807, 2.05) is 20.8 Å². The van der Waals surface area contributed by atoms with Gasteiger partial charge in [-0.05, 0) is 57.6 Å². The van der Waals surface area contributed by atoms with Gasteiger partial charge in [-0.25, -0.2) is 14.6 Å². The summed E-state index contributed by atoms with van der Waals surface area (Å²) >= 11 is 6.50. The van der Waals surface area contributed by atoms with Gasteiger partial charge in [0.2, 0.25) is 0 Å². The smallest absolute Gasteiger partial charge is 0.410 e. The molecule has 0 fully saturated rings. The van der Waals surface area contributed by atoms with Crippen molar-refractivity contribution in [2.24, 2.45) is 5.41 Å². The minimum absolute atomic E-state index is 0.157. The van der Waals surface area contributed by atoms with Crippen molar-refractivity contribution >= 4 is 23.7 Å². The van der Waals surface area contributed by atoms with E-state index in [1.54, 1.807) is 17.9 Å². The van der Waals surface area contributed by atoms with Crippen LogP contribution in [0.3, 0.4) is 0 Å². The molecule has 2 heterocycles. The summed E-state index contributed by atoms with van der Waals surface area (Å²) in [5.74, 6) is -0.520. The Morgan fingerprint density at radius 3 is 2.56 bits per heavy atom. The largest absolute Gasteiger partial charge is 0.461 e. The summed E-state index contributed by atoms with van der Waals surface area (Å²) in [6.45, 7) is 12.5. The van der Waals surface area contributed by atoms with E-state index in [-0.39, 0.29) is 24.3 Å². The van der Waals surface area contributed by atoms with Crippen molar-refractivity contribution in [3.05, 3.63) is 28.0 Å². The van der Waals surface area contributed by atoms with Crippen molar-refractivity contribution in [1.82, 2.24) is 9.88 Å². The van der Waals surface area contributed by atoms with Gasteiger partial charge in [0.05, 0.1) is 18.8 Å². The fourth-order valence-corrected chi connectivity index (χ4v) is 3.37. The van der Waals surface area contributed by atoms with Crippen LogP contribution < -0.4 is 0 Å². The summed E-state index contributed by atoms with van der Waals surface area (Å²) in [5, 5.41) is 0.480. The maximum atomic E-state index is 12.7. The standard InChI is InChI=1S/C20H29ClN2O4/c1-7-20(6)10-13-14(21)9-15(17(24)26-8-2)22-16(13)11-23(12-20)18(25)27-19(3,4)5/h9H,7-8,10-12H2,1-6H3. The number of aromatic nitrogens is 1. The zero-order valence-electron chi connectivity index (χ0n) is 17.0. The van der Waals surface area contributed by atoms with E-state index in [2.05, 4.69) is 18.8 Å². The number of carbonyl (C=O) groups excluding carboxylic acids is 2. The van der Waals surface area contributed by atoms with E-state index in [9.17, 15) is 9.59 Å². The first-order valence-electron chi connectivity index (χ1n) is 9.31. The Labute approximate surface area is 166 Å². The monoisotopic (exact) mass is 396 g/mol. The first-order valence-corrected chi connectivity index (χ1v) is 9.69. The molecule has 150 valence electrons. The summed E-state index contributed by atoms with van der Waals surface area (Å²) in [5.41, 5.74) is 0.893. The molecule has 1 aliphatic heterocycles. The van der Waals surface area contributed by atoms with E-state index in [0.717, 1.165) is 12.0 Å². The van der Waals surface area contributed by atoms with E-state index in [0.29, 0.717) is 23.7 Å². The Morgan fingerprint density at radius 1 is 1.33 bits per heavy atom. The number of amides is 1. The maximum absolute atomic E-state index is 12.7. The SMILES string of the molecule is CCOC(=O)c1cc(Cl)c2c(n1)CN(C(=O)OC(C)(C)C)CC(C)(CC)C2. The Morgan fingerprint density at radius 2 is 2.00 bits per heavy atom. The van der Waals surface area contributed by atoms with Crippen LogP contribution >= 0.6 is 11.6 Å². The number of nitrogens with zero attached hydrogens (tertiary/aromatic N) is 2. The molecule has 1 aromatic heterocycles. The topological polar surface area (TPSA) is 68.7 Å². The van der Waals surface area contributed by atoms with Crippen LogP contribution in [0.25, 0.3) is 0 Å². The number of esters is 1. The summed E-state index contributed by atoms with van der Waals surface area (Å²) in [6.07, 6.45) is 1.14. The van der Waals surface area contributed by atoms with E-state index >= 15 is 0 Å². The normalized spacial score (nSPS) is 19.9. The Hall–Kier alpha value is -1.82. The highest BCUT2D eigenvalue weighted by atomic mass is 35.5. The van der Waals surface area contributed by atoms with Gasteiger partial charge in [-0.1, -0.05) is 25.4 Å². The van der Waals surface area contributed by atoms with Crippen LogP contribution in [0.4, 0.5) is 4.79 Å². The highest BCUT2D eigenvalue weighted by Crippen LogP contribution is 2.36. The lowest BCUT2D eigenvalue weighted by Crippen LogP contribution is -2.41.